The Morgan fingerprint density at radius 2 is 2.21 bits per heavy atom. The molecule has 5 nitrogen and oxygen atoms in total. The lowest BCUT2D eigenvalue weighted by atomic mass is 10.3. The lowest BCUT2D eigenvalue weighted by Crippen LogP contribution is -2.15. The minimum absolute atomic E-state index is 0.527. The second-order valence-corrected chi connectivity index (χ2v) is 4.71. The molecule has 0 saturated heterocycles. The van der Waals surface area contributed by atoms with Crippen molar-refractivity contribution in [2.75, 3.05) is 0 Å². The second kappa shape index (κ2) is 6.56. The van der Waals surface area contributed by atoms with E-state index < -0.39 is 15.4 Å². The van der Waals surface area contributed by atoms with Crippen molar-refractivity contribution in [1.82, 2.24) is 9.97 Å². The Balaban J connectivity index is 0.000000280. The van der Waals surface area contributed by atoms with E-state index in [2.05, 4.69) is 9.97 Å². The number of hydrogen-bond acceptors (Lipinski definition) is 3. The van der Waals surface area contributed by atoms with Gasteiger partial charge >= 0.3 is 0 Å². The quantitative estimate of drug-likeness (QED) is 0.756. The van der Waals surface area contributed by atoms with Gasteiger partial charge in [0.25, 0.3) is 10.1 Å². The van der Waals surface area contributed by atoms with Crippen molar-refractivity contribution in [3.8, 4) is 0 Å². The average Bonchev–Trinajstić information content (AvgIpc) is 2.59. The van der Waals surface area contributed by atoms with Gasteiger partial charge in [-0.05, 0) is 13.3 Å². The smallest absolute Gasteiger partial charge is 0.267 e. The van der Waals surface area contributed by atoms with Crippen LogP contribution < -0.4 is 0 Å². The summed E-state index contributed by atoms with van der Waals surface area (Å²) in [7, 11) is -3.76. The molecule has 0 aliphatic heterocycles. The number of nitrogens with zero attached hydrogens (tertiary/aromatic N) is 1. The molecule has 1 aromatic rings. The third-order valence-electron chi connectivity index (χ3n) is 1.61. The first-order valence-electron chi connectivity index (χ1n) is 4.37. The average molecular weight is 220 g/mol. The Bertz CT molecular complexity index is 290. The molecule has 0 spiro atoms. The standard InChI is InChI=1S/C5H12O3S.C3H4N2/c1-3-4-5(2)9(6,7)8;1-2-5-3-4-1/h5H,3-4H2,1-2H3,(H,6,7,8);1-3H,(H,4,5). The Morgan fingerprint density at radius 3 is 2.36 bits per heavy atom. The maximum atomic E-state index is 10.3. The van der Waals surface area contributed by atoms with Crippen LogP contribution in [0, 0.1) is 0 Å². The first-order valence-corrected chi connectivity index (χ1v) is 5.87. The van der Waals surface area contributed by atoms with Crippen LogP contribution in [0.4, 0.5) is 0 Å². The zero-order valence-electron chi connectivity index (χ0n) is 8.34. The predicted molar refractivity (Wildman–Crippen MR) is 54.5 cm³/mol. The van der Waals surface area contributed by atoms with Crippen LogP contribution in [0.25, 0.3) is 0 Å². The number of aromatic nitrogens is 2. The highest BCUT2D eigenvalue weighted by Crippen LogP contribution is 2.04. The molecule has 14 heavy (non-hydrogen) atoms. The summed E-state index contributed by atoms with van der Waals surface area (Å²) in [6.07, 6.45) is 6.39. The van der Waals surface area contributed by atoms with Crippen molar-refractivity contribution < 1.29 is 13.0 Å². The second-order valence-electron chi connectivity index (χ2n) is 2.87. The zero-order valence-corrected chi connectivity index (χ0v) is 9.16. The molecule has 82 valence electrons. The minimum atomic E-state index is -3.76. The number of aromatic amines is 1. The highest BCUT2D eigenvalue weighted by atomic mass is 32.2. The van der Waals surface area contributed by atoms with E-state index in [1.165, 1.54) is 6.92 Å². The third kappa shape index (κ3) is 6.62. The largest absolute Gasteiger partial charge is 0.351 e. The van der Waals surface area contributed by atoms with E-state index >= 15 is 0 Å². The molecule has 1 unspecified atom stereocenters. The van der Waals surface area contributed by atoms with E-state index in [0.29, 0.717) is 6.42 Å². The van der Waals surface area contributed by atoms with Crippen LogP contribution >= 0.6 is 0 Å². The summed E-state index contributed by atoms with van der Waals surface area (Å²) in [4.78, 5) is 6.42. The normalized spacial score (nSPS) is 12.8. The maximum Gasteiger partial charge on any atom is 0.267 e. The molecule has 0 fully saturated rings. The van der Waals surface area contributed by atoms with Gasteiger partial charge in [-0.1, -0.05) is 13.3 Å². The van der Waals surface area contributed by atoms with Crippen LogP contribution in [0.15, 0.2) is 18.7 Å². The third-order valence-corrected chi connectivity index (χ3v) is 2.86. The van der Waals surface area contributed by atoms with Gasteiger partial charge in [-0.25, -0.2) is 4.98 Å². The van der Waals surface area contributed by atoms with E-state index in [1.807, 2.05) is 6.92 Å². The molecule has 0 aromatic carbocycles. The van der Waals surface area contributed by atoms with E-state index in [9.17, 15) is 8.42 Å². The monoisotopic (exact) mass is 220 g/mol. The molecule has 0 aliphatic rings. The van der Waals surface area contributed by atoms with E-state index in [4.69, 9.17) is 4.55 Å². The van der Waals surface area contributed by atoms with Crippen molar-refractivity contribution in [3.05, 3.63) is 18.7 Å². The summed E-state index contributed by atoms with van der Waals surface area (Å²) in [5.74, 6) is 0. The van der Waals surface area contributed by atoms with Crippen molar-refractivity contribution in [2.45, 2.75) is 31.9 Å². The first-order chi connectivity index (χ1) is 6.48. The molecule has 0 amide bonds. The lowest BCUT2D eigenvalue weighted by Gasteiger charge is -2.03. The molecule has 1 aromatic heterocycles. The van der Waals surface area contributed by atoms with Crippen LogP contribution in [0.3, 0.4) is 0 Å². The van der Waals surface area contributed by atoms with Gasteiger partial charge < -0.3 is 4.98 Å². The summed E-state index contributed by atoms with van der Waals surface area (Å²) < 4.78 is 28.9. The van der Waals surface area contributed by atoms with Gasteiger partial charge in [-0.2, -0.15) is 8.42 Å². The van der Waals surface area contributed by atoms with Gasteiger partial charge in [-0.15, -0.1) is 0 Å². The molecule has 0 radical (unpaired) electrons. The van der Waals surface area contributed by atoms with Crippen LogP contribution in [-0.4, -0.2) is 28.2 Å². The number of H-pyrrole nitrogens is 1. The molecule has 1 rings (SSSR count). The van der Waals surface area contributed by atoms with E-state index in [0.717, 1.165) is 6.42 Å². The highest BCUT2D eigenvalue weighted by Gasteiger charge is 2.14. The SMILES string of the molecule is CCCC(C)S(=O)(=O)O.c1c[nH]cn1. The van der Waals surface area contributed by atoms with Gasteiger partial charge in [-0.3, -0.25) is 4.55 Å². The molecule has 0 bridgehead atoms. The Hall–Kier alpha value is -0.880. The van der Waals surface area contributed by atoms with E-state index in [1.54, 1.807) is 18.7 Å². The number of imidazole rings is 1. The Kier molecular flexibility index (Phi) is 6.14. The Morgan fingerprint density at radius 1 is 1.57 bits per heavy atom. The molecule has 1 atom stereocenters. The number of rotatable bonds is 3. The van der Waals surface area contributed by atoms with Gasteiger partial charge in [0.05, 0.1) is 11.6 Å². The molecule has 6 heteroatoms. The lowest BCUT2D eigenvalue weighted by molar-refractivity contribution is 0.465. The molecule has 1 heterocycles. The first kappa shape index (κ1) is 13.1. The fourth-order valence-corrected chi connectivity index (χ4v) is 1.30. The highest BCUT2D eigenvalue weighted by molar-refractivity contribution is 7.86. The number of hydrogen-bond donors (Lipinski definition) is 2. The van der Waals surface area contributed by atoms with E-state index in [-0.39, 0.29) is 0 Å². The predicted octanol–water partition coefficient (Wildman–Crippen LogP) is 1.47. The molecular formula is C8H16N2O3S. The van der Waals surface area contributed by atoms with Crippen molar-refractivity contribution >= 4 is 10.1 Å². The van der Waals surface area contributed by atoms with Crippen LogP contribution in [0.1, 0.15) is 26.7 Å². The molecular weight excluding hydrogens is 204 g/mol. The number of nitrogens with one attached hydrogen (secondary N) is 1. The van der Waals surface area contributed by atoms with Crippen molar-refractivity contribution in [2.24, 2.45) is 0 Å². The fraction of sp³-hybridized carbons (Fsp3) is 0.625. The topological polar surface area (TPSA) is 83.0 Å². The van der Waals surface area contributed by atoms with Crippen LogP contribution in [0.5, 0.6) is 0 Å². The summed E-state index contributed by atoms with van der Waals surface area (Å²) in [6.45, 7) is 3.38. The van der Waals surface area contributed by atoms with Gasteiger partial charge in [0.15, 0.2) is 0 Å². The van der Waals surface area contributed by atoms with Crippen molar-refractivity contribution in [3.63, 3.8) is 0 Å². The summed E-state index contributed by atoms with van der Waals surface area (Å²) in [6, 6.07) is 0. The van der Waals surface area contributed by atoms with Gasteiger partial charge in [0.1, 0.15) is 0 Å². The summed E-state index contributed by atoms with van der Waals surface area (Å²) in [5, 5.41) is -0.609. The molecule has 0 saturated carbocycles. The zero-order chi connectivity index (χ0) is 11.0. The van der Waals surface area contributed by atoms with Gasteiger partial charge in [0.2, 0.25) is 0 Å². The van der Waals surface area contributed by atoms with Gasteiger partial charge in [0, 0.05) is 12.4 Å². The summed E-state index contributed by atoms with van der Waals surface area (Å²) >= 11 is 0. The van der Waals surface area contributed by atoms with Crippen LogP contribution in [0.2, 0.25) is 0 Å². The fourth-order valence-electron chi connectivity index (χ4n) is 0.771. The Labute approximate surface area is 84.3 Å². The maximum absolute atomic E-state index is 10.3. The minimum Gasteiger partial charge on any atom is -0.351 e. The molecule has 2 N–H and O–H groups in total. The van der Waals surface area contributed by atoms with Crippen LogP contribution in [-0.2, 0) is 10.1 Å². The molecule has 0 aliphatic carbocycles. The van der Waals surface area contributed by atoms with Crippen molar-refractivity contribution in [1.29, 1.82) is 0 Å². The summed E-state index contributed by atoms with van der Waals surface area (Å²) in [5.41, 5.74) is 0.